The summed E-state index contributed by atoms with van der Waals surface area (Å²) in [7, 11) is 2.17. The molecule has 0 saturated carbocycles. The van der Waals surface area contributed by atoms with Crippen molar-refractivity contribution in [3.63, 3.8) is 0 Å². The quantitative estimate of drug-likeness (QED) is 0.859. The minimum Gasteiger partial charge on any atom is -0.396 e. The molecule has 1 atom stereocenters. The van der Waals surface area contributed by atoms with Crippen LogP contribution in [0, 0.1) is 0 Å². The zero-order chi connectivity index (χ0) is 12.3. The summed E-state index contributed by atoms with van der Waals surface area (Å²) in [6.45, 7) is 6.70. The zero-order valence-electron chi connectivity index (χ0n) is 10.8. The fourth-order valence-corrected chi connectivity index (χ4v) is 2.20. The second kappa shape index (κ2) is 5.52. The SMILES string of the molecule is CC(CO)c1cccc(N2CCN(C)CC2)c1. The van der Waals surface area contributed by atoms with E-state index < -0.39 is 0 Å². The molecule has 1 aromatic carbocycles. The number of aliphatic hydroxyl groups is 1. The highest BCUT2D eigenvalue weighted by Gasteiger charge is 2.15. The van der Waals surface area contributed by atoms with Gasteiger partial charge in [-0.3, -0.25) is 0 Å². The summed E-state index contributed by atoms with van der Waals surface area (Å²) in [4.78, 5) is 4.78. The summed E-state index contributed by atoms with van der Waals surface area (Å²) in [5.74, 6) is 0.224. The predicted octanol–water partition coefficient (Wildman–Crippen LogP) is 1.53. The largest absolute Gasteiger partial charge is 0.396 e. The van der Waals surface area contributed by atoms with Crippen LogP contribution in [0.1, 0.15) is 18.4 Å². The molecule has 3 nitrogen and oxygen atoms in total. The topological polar surface area (TPSA) is 26.7 Å². The lowest BCUT2D eigenvalue weighted by molar-refractivity contribution is 0.273. The summed E-state index contributed by atoms with van der Waals surface area (Å²) in [5, 5.41) is 9.20. The Balaban J connectivity index is 2.10. The van der Waals surface area contributed by atoms with Crippen LogP contribution in [0.15, 0.2) is 24.3 Å². The molecule has 1 aliphatic heterocycles. The van der Waals surface area contributed by atoms with E-state index in [1.807, 2.05) is 0 Å². The van der Waals surface area contributed by atoms with Gasteiger partial charge in [0.05, 0.1) is 0 Å². The average molecular weight is 234 g/mol. The molecule has 0 bridgehead atoms. The van der Waals surface area contributed by atoms with E-state index in [4.69, 9.17) is 0 Å². The molecule has 1 aromatic rings. The van der Waals surface area contributed by atoms with Gasteiger partial charge in [-0.05, 0) is 24.7 Å². The van der Waals surface area contributed by atoms with Crippen LogP contribution in [0.2, 0.25) is 0 Å². The van der Waals surface area contributed by atoms with Crippen LogP contribution in [0.5, 0.6) is 0 Å². The van der Waals surface area contributed by atoms with Crippen LogP contribution in [0.4, 0.5) is 5.69 Å². The molecular weight excluding hydrogens is 212 g/mol. The normalized spacial score (nSPS) is 19.4. The molecule has 1 heterocycles. The maximum Gasteiger partial charge on any atom is 0.0497 e. The Labute approximate surface area is 104 Å². The molecule has 94 valence electrons. The van der Waals surface area contributed by atoms with Gasteiger partial charge in [-0.1, -0.05) is 19.1 Å². The van der Waals surface area contributed by atoms with Crippen molar-refractivity contribution in [2.75, 3.05) is 44.7 Å². The Morgan fingerprint density at radius 1 is 1.24 bits per heavy atom. The smallest absolute Gasteiger partial charge is 0.0497 e. The number of likely N-dealkylation sites (N-methyl/N-ethyl adjacent to an activating group) is 1. The van der Waals surface area contributed by atoms with Gasteiger partial charge in [-0.15, -0.1) is 0 Å². The Morgan fingerprint density at radius 2 is 1.94 bits per heavy atom. The van der Waals surface area contributed by atoms with E-state index in [0.29, 0.717) is 0 Å². The highest BCUT2D eigenvalue weighted by molar-refractivity contribution is 5.49. The Hall–Kier alpha value is -1.06. The number of aliphatic hydroxyl groups excluding tert-OH is 1. The molecule has 0 spiro atoms. The molecule has 0 amide bonds. The minimum atomic E-state index is 0.214. The van der Waals surface area contributed by atoms with Crippen molar-refractivity contribution in [2.24, 2.45) is 0 Å². The number of anilines is 1. The van der Waals surface area contributed by atoms with Crippen molar-refractivity contribution in [3.8, 4) is 0 Å². The lowest BCUT2D eigenvalue weighted by Crippen LogP contribution is -2.44. The van der Waals surface area contributed by atoms with Gasteiger partial charge in [0, 0.05) is 44.4 Å². The van der Waals surface area contributed by atoms with Gasteiger partial charge in [0.25, 0.3) is 0 Å². The van der Waals surface area contributed by atoms with E-state index in [9.17, 15) is 5.11 Å². The van der Waals surface area contributed by atoms with Gasteiger partial charge in [0.1, 0.15) is 0 Å². The van der Waals surface area contributed by atoms with Crippen LogP contribution >= 0.6 is 0 Å². The fourth-order valence-electron chi connectivity index (χ4n) is 2.20. The summed E-state index contributed by atoms with van der Waals surface area (Å²) in [6.07, 6.45) is 0. The number of hydrogen-bond donors (Lipinski definition) is 1. The van der Waals surface area contributed by atoms with E-state index >= 15 is 0 Å². The lowest BCUT2D eigenvalue weighted by atomic mass is 10.0. The van der Waals surface area contributed by atoms with Crippen LogP contribution in [-0.2, 0) is 0 Å². The first kappa shape index (κ1) is 12.4. The summed E-state index contributed by atoms with van der Waals surface area (Å²) >= 11 is 0. The number of hydrogen-bond acceptors (Lipinski definition) is 3. The highest BCUT2D eigenvalue weighted by Crippen LogP contribution is 2.22. The van der Waals surface area contributed by atoms with Crippen molar-refractivity contribution in [2.45, 2.75) is 12.8 Å². The van der Waals surface area contributed by atoms with Gasteiger partial charge in [0.15, 0.2) is 0 Å². The molecule has 0 aliphatic carbocycles. The molecule has 1 aliphatic rings. The molecule has 17 heavy (non-hydrogen) atoms. The van der Waals surface area contributed by atoms with E-state index in [2.05, 4.69) is 48.0 Å². The standard InChI is InChI=1S/C14H22N2O/c1-12(11-17)13-4-3-5-14(10-13)16-8-6-15(2)7-9-16/h3-5,10,12,17H,6-9,11H2,1-2H3. The number of piperazine rings is 1. The van der Waals surface area contributed by atoms with Crippen LogP contribution < -0.4 is 4.90 Å². The highest BCUT2D eigenvalue weighted by atomic mass is 16.3. The molecule has 1 unspecified atom stereocenters. The molecule has 2 rings (SSSR count). The third-order valence-electron chi connectivity index (χ3n) is 3.58. The molecule has 0 aromatic heterocycles. The van der Waals surface area contributed by atoms with Gasteiger partial charge in [-0.25, -0.2) is 0 Å². The lowest BCUT2D eigenvalue weighted by Gasteiger charge is -2.34. The molecule has 1 fully saturated rings. The fraction of sp³-hybridized carbons (Fsp3) is 0.571. The van der Waals surface area contributed by atoms with Crippen molar-refractivity contribution in [1.29, 1.82) is 0 Å². The second-order valence-corrected chi connectivity index (χ2v) is 4.97. The van der Waals surface area contributed by atoms with Crippen molar-refractivity contribution in [3.05, 3.63) is 29.8 Å². The summed E-state index contributed by atoms with van der Waals surface area (Å²) in [5.41, 5.74) is 2.51. The first-order valence-corrected chi connectivity index (χ1v) is 6.35. The molecule has 0 radical (unpaired) electrons. The maximum atomic E-state index is 9.20. The van der Waals surface area contributed by atoms with Gasteiger partial charge in [-0.2, -0.15) is 0 Å². The van der Waals surface area contributed by atoms with E-state index in [-0.39, 0.29) is 12.5 Å². The Bertz CT molecular complexity index is 359. The first-order valence-electron chi connectivity index (χ1n) is 6.35. The number of nitrogens with zero attached hydrogens (tertiary/aromatic N) is 2. The van der Waals surface area contributed by atoms with Crippen LogP contribution in [-0.4, -0.2) is 49.8 Å². The van der Waals surface area contributed by atoms with Gasteiger partial charge >= 0.3 is 0 Å². The summed E-state index contributed by atoms with van der Waals surface area (Å²) in [6, 6.07) is 8.57. The predicted molar refractivity (Wildman–Crippen MR) is 71.7 cm³/mol. The van der Waals surface area contributed by atoms with Crippen molar-refractivity contribution in [1.82, 2.24) is 4.90 Å². The summed E-state index contributed by atoms with van der Waals surface area (Å²) < 4.78 is 0. The van der Waals surface area contributed by atoms with E-state index in [0.717, 1.165) is 26.2 Å². The minimum absolute atomic E-state index is 0.214. The molecule has 1 N–H and O–H groups in total. The Kier molecular flexibility index (Phi) is 4.02. The first-order chi connectivity index (χ1) is 8.20. The molecule has 1 saturated heterocycles. The average Bonchev–Trinajstić information content (AvgIpc) is 2.39. The zero-order valence-corrected chi connectivity index (χ0v) is 10.8. The van der Waals surface area contributed by atoms with E-state index in [1.165, 1.54) is 11.3 Å². The molecular formula is C14H22N2O. The third-order valence-corrected chi connectivity index (χ3v) is 3.58. The van der Waals surface area contributed by atoms with Crippen LogP contribution in [0.25, 0.3) is 0 Å². The van der Waals surface area contributed by atoms with Crippen molar-refractivity contribution >= 4 is 5.69 Å². The van der Waals surface area contributed by atoms with E-state index in [1.54, 1.807) is 0 Å². The van der Waals surface area contributed by atoms with Gasteiger partial charge < -0.3 is 14.9 Å². The third kappa shape index (κ3) is 2.99. The molecule has 3 heteroatoms. The monoisotopic (exact) mass is 234 g/mol. The van der Waals surface area contributed by atoms with Crippen molar-refractivity contribution < 1.29 is 5.11 Å². The van der Waals surface area contributed by atoms with Gasteiger partial charge in [0.2, 0.25) is 0 Å². The van der Waals surface area contributed by atoms with Crippen LogP contribution in [0.3, 0.4) is 0 Å². The Morgan fingerprint density at radius 3 is 2.59 bits per heavy atom. The second-order valence-electron chi connectivity index (χ2n) is 4.97. The number of rotatable bonds is 3. The number of benzene rings is 1. The maximum absolute atomic E-state index is 9.20.